The Bertz CT molecular complexity index is 3190. The molecule has 754 valence electrons. The van der Waals surface area contributed by atoms with E-state index in [0.29, 0.717) is 99.8 Å². The van der Waals surface area contributed by atoms with Crippen LogP contribution in [-0.4, -0.2) is 353 Å². The number of likely N-dealkylation sites (tertiary alicyclic amines) is 1. The van der Waals surface area contributed by atoms with Gasteiger partial charge in [-0.2, -0.15) is 51.2 Å². The monoisotopic (exact) mass is 1950 g/mol. The van der Waals surface area contributed by atoms with E-state index in [9.17, 15) is 98.9 Å². The third-order valence-electron chi connectivity index (χ3n) is 13.7. The number of rotatable bonds is 47. The Labute approximate surface area is 751 Å². The highest BCUT2D eigenvalue weighted by molar-refractivity contribution is 8.31. The van der Waals surface area contributed by atoms with Crippen LogP contribution in [0.3, 0.4) is 0 Å². The van der Waals surface area contributed by atoms with Crippen molar-refractivity contribution >= 4 is 83.3 Å². The van der Waals surface area contributed by atoms with E-state index in [-0.39, 0.29) is 74.2 Å². The van der Waals surface area contributed by atoms with Crippen molar-refractivity contribution in [2.75, 3.05) is 235 Å². The lowest BCUT2D eigenvalue weighted by molar-refractivity contribution is -0.372. The predicted octanol–water partition coefficient (Wildman–Crippen LogP) is 11.6. The third-order valence-corrected chi connectivity index (χ3v) is 17.2. The van der Waals surface area contributed by atoms with Crippen LogP contribution in [0, 0.1) is 5.92 Å². The molecule has 0 bridgehead atoms. The molecular formula is C79H141F12N3O29S4. The molecule has 2 aromatic carbocycles. The fraction of sp³-hybridized carbons (Fsp3) is 0.759. The zero-order valence-corrected chi connectivity index (χ0v) is 81.0. The molecule has 1 fully saturated rings. The molecule has 0 saturated carbocycles. The van der Waals surface area contributed by atoms with Gasteiger partial charge in [0.2, 0.25) is 21.8 Å². The molecule has 2 amide bonds. The number of ether oxygens (including phenoxy) is 19. The second kappa shape index (κ2) is 86.5. The van der Waals surface area contributed by atoms with Crippen LogP contribution < -0.4 is 14.2 Å². The first-order valence-electron chi connectivity index (χ1n) is 38.9. The first-order valence-corrected chi connectivity index (χ1v) is 44.8. The van der Waals surface area contributed by atoms with Crippen molar-refractivity contribution in [1.29, 1.82) is 0 Å². The molecule has 127 heavy (non-hydrogen) atoms. The highest BCUT2D eigenvalue weighted by Crippen LogP contribution is 2.52. The second-order valence-electron chi connectivity index (χ2n) is 24.8. The van der Waals surface area contributed by atoms with Gasteiger partial charge in [-0.15, -0.1) is 13.2 Å². The number of unbranched alkanes of at least 4 members (excludes halogenated alkanes) is 1. The zero-order valence-electron chi connectivity index (χ0n) is 77.7. The molecule has 2 aromatic rings. The number of halogens is 12. The van der Waals surface area contributed by atoms with E-state index < -0.39 is 86.2 Å². The molecule has 0 spiro atoms. The number of thioether (sulfide) groups is 1. The van der Waals surface area contributed by atoms with Gasteiger partial charge in [0.1, 0.15) is 51.1 Å². The molecule has 3 rings (SSSR count). The molecule has 32 nitrogen and oxygen atoms in total. The molecule has 1 N–H and O–H groups in total. The van der Waals surface area contributed by atoms with E-state index in [1.807, 2.05) is 100 Å². The number of methoxy groups -OCH3 is 12. The molecule has 6 atom stereocenters. The van der Waals surface area contributed by atoms with Gasteiger partial charge in [-0.1, -0.05) is 63.6 Å². The summed E-state index contributed by atoms with van der Waals surface area (Å²) in [6.07, 6.45) is 0.772. The minimum Gasteiger partial charge on any atom is -0.497 e. The second-order valence-corrected chi connectivity index (χ2v) is 31.7. The van der Waals surface area contributed by atoms with E-state index in [0.717, 1.165) is 30.3 Å². The summed E-state index contributed by atoms with van der Waals surface area (Å²) in [6, 6.07) is 19.4. The molecule has 48 heteroatoms. The number of imide groups is 1. The van der Waals surface area contributed by atoms with Crippen molar-refractivity contribution in [2.45, 2.75) is 156 Å². The maximum Gasteiger partial charge on any atom is 0.522 e. The summed E-state index contributed by atoms with van der Waals surface area (Å²) in [5, 5.41) is 0. The zero-order chi connectivity index (χ0) is 100. The smallest absolute Gasteiger partial charge is 0.497 e. The van der Waals surface area contributed by atoms with Gasteiger partial charge >= 0.3 is 59.9 Å². The van der Waals surface area contributed by atoms with Crippen LogP contribution in [0.25, 0.3) is 0 Å². The first-order chi connectivity index (χ1) is 59.2. The number of nitrogens with zero attached hydrogens (tertiary/aromatic N) is 2. The minimum absolute atomic E-state index is 0.00608. The highest BCUT2D eigenvalue weighted by atomic mass is 32.8. The van der Waals surface area contributed by atoms with Crippen molar-refractivity contribution in [3.05, 3.63) is 60.7 Å². The van der Waals surface area contributed by atoms with E-state index in [1.54, 1.807) is 77.3 Å². The molecule has 1 aliphatic heterocycles. The van der Waals surface area contributed by atoms with Gasteiger partial charge in [-0.25, -0.2) is 45.7 Å². The number of para-hydroxylation sites is 2. The van der Waals surface area contributed by atoms with Crippen molar-refractivity contribution in [1.82, 2.24) is 13.9 Å². The Morgan fingerprint density at radius 2 is 1.00 bits per heavy atom. The number of esters is 5. The van der Waals surface area contributed by atoms with Gasteiger partial charge in [0.25, 0.3) is 0 Å². The van der Waals surface area contributed by atoms with Gasteiger partial charge in [-0.3, -0.25) is 19.2 Å². The first kappa shape index (κ1) is 139. The summed E-state index contributed by atoms with van der Waals surface area (Å²) in [5.41, 5.74) is 0. The summed E-state index contributed by atoms with van der Waals surface area (Å²) in [6.45, 7) is 21.3. The highest BCUT2D eigenvalue weighted by Gasteiger charge is 2.80. The van der Waals surface area contributed by atoms with Crippen LogP contribution in [0.15, 0.2) is 60.7 Å². The normalized spacial score (nSPS) is 13.5. The van der Waals surface area contributed by atoms with Crippen LogP contribution in [-0.2, 0) is 144 Å². The molecule has 0 radical (unpaired) electrons. The fourth-order valence-electron chi connectivity index (χ4n) is 7.65. The average molecular weight is 1950 g/mol. The Morgan fingerprint density at radius 3 is 1.36 bits per heavy atom. The molecule has 6 unspecified atom stereocenters. The molecule has 1 heterocycles. The molecule has 0 aliphatic carbocycles. The Morgan fingerprint density at radius 1 is 0.543 bits per heavy atom. The number of hydrogen-bond donors (Lipinski definition) is 1. The number of alkyl halides is 12. The van der Waals surface area contributed by atoms with Crippen molar-refractivity contribution in [3.63, 3.8) is 0 Å². The Hall–Kier alpha value is -6.20. The van der Waals surface area contributed by atoms with Gasteiger partial charge in [0.05, 0.1) is 88.1 Å². The average Bonchev–Trinajstić information content (AvgIpc) is 1.55. The van der Waals surface area contributed by atoms with Gasteiger partial charge in [0, 0.05) is 128 Å². The molecule has 0 aromatic heterocycles. The number of hydrogen-bond acceptors (Lipinski definition) is 31. The molecule has 1 saturated heterocycles. The lowest BCUT2D eigenvalue weighted by Gasteiger charge is -2.35. The lowest BCUT2D eigenvalue weighted by atomic mass is 10.00. The topological polar surface area (TPSA) is 365 Å². The van der Waals surface area contributed by atoms with Crippen LogP contribution in [0.5, 0.6) is 11.5 Å². The van der Waals surface area contributed by atoms with E-state index >= 15 is 0 Å². The Balaban J connectivity index is -0.000000172. The van der Waals surface area contributed by atoms with Crippen LogP contribution in [0.2, 0.25) is 0 Å². The number of sulfonamides is 1. The standard InChI is InChI=1S/C9H12O2.C8H19NO3S.C8H13NO3.C8H14O5.C7H7F9O.C7H14O4.C7H16OS.C7H8O.C6H12O3.C5H13NO2S2.C5H10O3.C2H3F3O/c1-10-7-8-11-9-5-3-2-4-6-9;1-5-6-9(13(4,10)11)8(2)7-12-3;1-6-5-7(10)9(8(6)11)3-4-12-2;1-4-12-8(10)6(2)13-7(9)5-11-3;1-17-3-5(11,12)7(15,16)6(13,14)4(9,10)2-8;1-3-10-4-5-11-7(8)6-9-2;1-3-4-6-9-7-5-8-2;1-8-7-5-3-2-4-6-7;1-4-9-6(7)5(2)8-3;1-5(4-8-2)6-10(3,7)9;1-3-8-5(6)4-7-2;1-6-2(3,4)5/h2-6H,7-8H2,1H3;8H,5-7H2,1-4H3;6H,3-5H2,1-2H3;6H,4-5H2,1-3H3;2-3H2,1H3;3-6H2,1-2H3;3-7H2,1-2H3;2-6H,1H3;5H,4H2,1-3H3;5-6H,4H2,1-3H3;3-4H2,1-2H3;1H3. The fourth-order valence-corrected chi connectivity index (χ4v) is 11.1. The summed E-state index contributed by atoms with van der Waals surface area (Å²) < 4.78 is 268. The van der Waals surface area contributed by atoms with E-state index in [4.69, 9.17) is 42.6 Å². The van der Waals surface area contributed by atoms with Gasteiger partial charge in [-0.05, 0) is 109 Å². The van der Waals surface area contributed by atoms with Crippen LogP contribution in [0.4, 0.5) is 52.7 Å². The van der Waals surface area contributed by atoms with Gasteiger partial charge < -0.3 is 85.3 Å². The van der Waals surface area contributed by atoms with Crippen LogP contribution in [0.1, 0.15) is 102 Å². The number of carbonyl (C=O) groups excluding carboxylic acids is 7. The van der Waals surface area contributed by atoms with Crippen molar-refractivity contribution in [3.8, 4) is 11.5 Å². The maximum atomic E-state index is 12.6. The summed E-state index contributed by atoms with van der Waals surface area (Å²) in [4.78, 5) is 77.0. The van der Waals surface area contributed by atoms with Crippen molar-refractivity contribution < 1.29 is 189 Å². The number of carbonyl (C=O) groups is 7. The number of nitrogens with one attached hydrogen (secondary N) is 1. The number of benzene rings is 2. The largest absolute Gasteiger partial charge is 0.522 e. The third kappa shape index (κ3) is 82.7. The van der Waals surface area contributed by atoms with Crippen LogP contribution >= 0.6 is 11.8 Å². The summed E-state index contributed by atoms with van der Waals surface area (Å²) in [7, 11) is 11.3. The predicted molar refractivity (Wildman–Crippen MR) is 458 cm³/mol. The van der Waals surface area contributed by atoms with Crippen molar-refractivity contribution in [2.24, 2.45) is 5.92 Å². The molecular weight excluding hydrogens is 1810 g/mol. The number of amides is 2. The Kier molecular flexibility index (Phi) is 94.5. The SMILES string of the molecule is CCCCSCCOC.CCCN(C(C)COC)S(C)(=O)=O.CCOC(=O)C(C)OC.CCOC(=O)C(C)OC(=O)COC.CCOC(=O)COC.CCOCCOC(=O)COC.COC(F)(F)F.COCC(C)NS(C)(=O)=S.COCC(F)(F)C(F)(F)C(F)(F)C(F)(F)CF.COCCN1C(=O)CC(C)C1=O.COCCOc1ccccc1.COc1ccccc1. The lowest BCUT2D eigenvalue weighted by Crippen LogP contribution is -2.64. The van der Waals surface area contributed by atoms with E-state index in [2.05, 4.69) is 70.2 Å². The quantitative estimate of drug-likeness (QED) is 0.0211. The molecule has 1 aliphatic rings. The maximum absolute atomic E-state index is 12.6. The minimum atomic E-state index is -6.54. The summed E-state index contributed by atoms with van der Waals surface area (Å²) in [5.74, 6) is -22.6. The van der Waals surface area contributed by atoms with Gasteiger partial charge in [0.15, 0.2) is 18.9 Å². The summed E-state index contributed by atoms with van der Waals surface area (Å²) >= 11 is 6.61. The van der Waals surface area contributed by atoms with E-state index in [1.165, 1.54) is 75.7 Å².